The molecule has 0 bridgehead atoms. The summed E-state index contributed by atoms with van der Waals surface area (Å²) in [5, 5.41) is 4.52. The highest BCUT2D eigenvalue weighted by molar-refractivity contribution is 6.31. The van der Waals surface area contributed by atoms with Crippen LogP contribution < -0.4 is 0 Å². The van der Waals surface area contributed by atoms with E-state index in [-0.39, 0.29) is 24.0 Å². The number of carbonyl (C=O) groups excluding carboxylic acids is 1. The van der Waals surface area contributed by atoms with E-state index < -0.39 is 5.82 Å². The van der Waals surface area contributed by atoms with Crippen LogP contribution in [0, 0.1) is 19.7 Å². The molecule has 0 aliphatic carbocycles. The van der Waals surface area contributed by atoms with Gasteiger partial charge in [-0.1, -0.05) is 17.7 Å². The first-order chi connectivity index (χ1) is 9.95. The molecule has 1 aromatic heterocycles. The molecule has 0 N–H and O–H groups in total. The third kappa shape index (κ3) is 4.29. The third-order valence-electron chi connectivity index (χ3n) is 3.03. The molecule has 112 valence electrons. The van der Waals surface area contributed by atoms with Gasteiger partial charge in [0.2, 0.25) is 0 Å². The van der Waals surface area contributed by atoms with E-state index in [0.717, 1.165) is 11.4 Å². The molecule has 0 aliphatic heterocycles. The van der Waals surface area contributed by atoms with Gasteiger partial charge in [0.05, 0.1) is 23.7 Å². The fourth-order valence-corrected chi connectivity index (χ4v) is 2.19. The maximum Gasteiger partial charge on any atom is 0.308 e. The fraction of sp³-hybridized carbons (Fsp3) is 0.333. The summed E-state index contributed by atoms with van der Waals surface area (Å²) < 4.78 is 19.8. The lowest BCUT2D eigenvalue weighted by Gasteiger charge is -2.07. The zero-order valence-corrected chi connectivity index (χ0v) is 12.7. The summed E-state index contributed by atoms with van der Waals surface area (Å²) in [6.45, 7) is 4.34. The highest BCUT2D eigenvalue weighted by Crippen LogP contribution is 2.18. The van der Waals surface area contributed by atoms with Crippen molar-refractivity contribution in [2.75, 3.05) is 0 Å². The lowest BCUT2D eigenvalue weighted by Crippen LogP contribution is -2.11. The number of benzene rings is 1. The number of ether oxygens (including phenoxy) is 1. The summed E-state index contributed by atoms with van der Waals surface area (Å²) in [6, 6.07) is 5.93. The summed E-state index contributed by atoms with van der Waals surface area (Å²) in [4.78, 5) is 11.7. The van der Waals surface area contributed by atoms with Crippen molar-refractivity contribution in [2.45, 2.75) is 33.4 Å². The average Bonchev–Trinajstić information content (AvgIpc) is 2.73. The summed E-state index contributed by atoms with van der Waals surface area (Å²) in [7, 11) is 0. The molecule has 2 aromatic rings. The van der Waals surface area contributed by atoms with Crippen LogP contribution in [0.3, 0.4) is 0 Å². The molecule has 4 nitrogen and oxygen atoms in total. The number of aryl methyl sites for hydroxylation is 3. The maximum absolute atomic E-state index is 12.9. The minimum Gasteiger partial charge on any atom is -0.461 e. The van der Waals surface area contributed by atoms with Crippen molar-refractivity contribution in [3.05, 3.63) is 52.1 Å². The van der Waals surface area contributed by atoms with Gasteiger partial charge in [-0.15, -0.1) is 0 Å². The molecule has 21 heavy (non-hydrogen) atoms. The lowest BCUT2D eigenvalue weighted by atomic mass is 10.2. The summed E-state index contributed by atoms with van der Waals surface area (Å²) in [5.41, 5.74) is 2.50. The van der Waals surface area contributed by atoms with Crippen molar-refractivity contribution in [3.63, 3.8) is 0 Å². The Morgan fingerprint density at radius 3 is 2.76 bits per heavy atom. The van der Waals surface area contributed by atoms with Gasteiger partial charge in [0.1, 0.15) is 12.4 Å². The van der Waals surface area contributed by atoms with Crippen LogP contribution in [0.15, 0.2) is 24.3 Å². The SMILES string of the molecule is Cc1cc(C)n(CCC(=O)OCc2ccc(F)cc2Cl)n1. The van der Waals surface area contributed by atoms with Gasteiger partial charge in [0.15, 0.2) is 0 Å². The molecular formula is C15H16ClFN2O2. The molecule has 0 unspecified atom stereocenters. The van der Waals surface area contributed by atoms with E-state index in [4.69, 9.17) is 16.3 Å². The molecular weight excluding hydrogens is 295 g/mol. The average molecular weight is 311 g/mol. The van der Waals surface area contributed by atoms with Gasteiger partial charge in [-0.2, -0.15) is 5.10 Å². The van der Waals surface area contributed by atoms with Crippen molar-refractivity contribution in [3.8, 4) is 0 Å². The predicted molar refractivity (Wildman–Crippen MR) is 77.5 cm³/mol. The number of carbonyl (C=O) groups is 1. The Balaban J connectivity index is 1.83. The number of rotatable bonds is 5. The molecule has 6 heteroatoms. The molecule has 0 fully saturated rings. The van der Waals surface area contributed by atoms with Crippen LogP contribution in [0.1, 0.15) is 23.4 Å². The van der Waals surface area contributed by atoms with Crippen molar-refractivity contribution in [1.29, 1.82) is 0 Å². The van der Waals surface area contributed by atoms with Crippen molar-refractivity contribution in [1.82, 2.24) is 9.78 Å². The Bertz CT molecular complexity index is 655. The first-order valence-corrected chi connectivity index (χ1v) is 6.94. The minimum absolute atomic E-state index is 0.0368. The first kappa shape index (κ1) is 15.5. The van der Waals surface area contributed by atoms with Crippen LogP contribution in [0.5, 0.6) is 0 Å². The van der Waals surface area contributed by atoms with Gasteiger partial charge in [-0.05, 0) is 32.0 Å². The van der Waals surface area contributed by atoms with Crippen LogP contribution in [0.25, 0.3) is 0 Å². The van der Waals surface area contributed by atoms with Gasteiger partial charge in [-0.25, -0.2) is 4.39 Å². The minimum atomic E-state index is -0.417. The van der Waals surface area contributed by atoms with Gasteiger partial charge >= 0.3 is 5.97 Å². The Morgan fingerprint density at radius 1 is 1.38 bits per heavy atom. The number of nitrogens with zero attached hydrogens (tertiary/aromatic N) is 2. The van der Waals surface area contributed by atoms with E-state index in [2.05, 4.69) is 5.10 Å². The maximum atomic E-state index is 12.9. The fourth-order valence-electron chi connectivity index (χ4n) is 1.97. The smallest absolute Gasteiger partial charge is 0.308 e. The molecule has 1 heterocycles. The molecule has 1 aromatic carbocycles. The monoisotopic (exact) mass is 310 g/mol. The van der Waals surface area contributed by atoms with Crippen LogP contribution in [0.2, 0.25) is 5.02 Å². The second kappa shape index (κ2) is 6.72. The standard InChI is InChI=1S/C15H16ClFN2O2/c1-10-7-11(2)19(18-10)6-5-15(20)21-9-12-3-4-13(17)8-14(12)16/h3-4,7-8H,5-6,9H2,1-2H3. The molecule has 2 rings (SSSR count). The number of aromatic nitrogens is 2. The van der Waals surface area contributed by atoms with Crippen molar-refractivity contribution in [2.24, 2.45) is 0 Å². The van der Waals surface area contributed by atoms with E-state index in [1.807, 2.05) is 19.9 Å². The quantitative estimate of drug-likeness (QED) is 0.795. The van der Waals surface area contributed by atoms with Gasteiger partial charge in [0, 0.05) is 11.3 Å². The molecule has 0 atom stereocenters. The van der Waals surface area contributed by atoms with E-state index in [1.54, 1.807) is 4.68 Å². The molecule has 0 saturated carbocycles. The second-order valence-electron chi connectivity index (χ2n) is 4.80. The van der Waals surface area contributed by atoms with E-state index >= 15 is 0 Å². The topological polar surface area (TPSA) is 44.1 Å². The zero-order valence-electron chi connectivity index (χ0n) is 11.9. The molecule has 0 saturated heterocycles. The van der Waals surface area contributed by atoms with Gasteiger partial charge in [-0.3, -0.25) is 9.48 Å². The van der Waals surface area contributed by atoms with E-state index in [1.165, 1.54) is 18.2 Å². The molecule has 0 spiro atoms. The number of hydrogen-bond donors (Lipinski definition) is 0. The largest absolute Gasteiger partial charge is 0.461 e. The number of hydrogen-bond acceptors (Lipinski definition) is 3. The molecule has 0 aliphatic rings. The summed E-state index contributed by atoms with van der Waals surface area (Å²) >= 11 is 5.86. The third-order valence-corrected chi connectivity index (χ3v) is 3.39. The van der Waals surface area contributed by atoms with E-state index in [0.29, 0.717) is 12.1 Å². The van der Waals surface area contributed by atoms with Gasteiger partial charge in [0.25, 0.3) is 0 Å². The Morgan fingerprint density at radius 2 is 2.14 bits per heavy atom. The molecule has 0 amide bonds. The van der Waals surface area contributed by atoms with Crippen molar-refractivity contribution < 1.29 is 13.9 Å². The number of esters is 1. The lowest BCUT2D eigenvalue weighted by molar-refractivity contribution is -0.145. The van der Waals surface area contributed by atoms with Crippen LogP contribution in [-0.2, 0) is 22.7 Å². The van der Waals surface area contributed by atoms with Crippen LogP contribution >= 0.6 is 11.6 Å². The highest BCUT2D eigenvalue weighted by Gasteiger charge is 2.08. The summed E-state index contributed by atoms with van der Waals surface area (Å²) in [6.07, 6.45) is 0.223. The zero-order chi connectivity index (χ0) is 15.4. The Hall–Kier alpha value is -1.88. The number of halogens is 2. The van der Waals surface area contributed by atoms with Crippen molar-refractivity contribution >= 4 is 17.6 Å². The Labute approximate surface area is 127 Å². The summed E-state index contributed by atoms with van der Waals surface area (Å²) in [5.74, 6) is -0.762. The van der Waals surface area contributed by atoms with E-state index in [9.17, 15) is 9.18 Å². The van der Waals surface area contributed by atoms with Crippen LogP contribution in [-0.4, -0.2) is 15.7 Å². The Kier molecular flexibility index (Phi) is 4.96. The molecule has 0 radical (unpaired) electrons. The van der Waals surface area contributed by atoms with Crippen LogP contribution in [0.4, 0.5) is 4.39 Å². The predicted octanol–water partition coefficient (Wildman–Crippen LogP) is 3.43. The normalized spacial score (nSPS) is 10.7. The van der Waals surface area contributed by atoms with Gasteiger partial charge < -0.3 is 4.74 Å². The first-order valence-electron chi connectivity index (χ1n) is 6.56. The highest BCUT2D eigenvalue weighted by atomic mass is 35.5. The second-order valence-corrected chi connectivity index (χ2v) is 5.20.